The average molecular weight is 931 g/mol. The lowest BCUT2D eigenvalue weighted by atomic mass is 10.1. The van der Waals surface area contributed by atoms with Gasteiger partial charge in [-0.1, -0.05) is 208 Å². The molecule has 0 fully saturated rings. The first-order valence-electron chi connectivity index (χ1n) is 27.7. The van der Waals surface area contributed by atoms with Gasteiger partial charge in [0.2, 0.25) is 0 Å². The second-order valence-corrected chi connectivity index (χ2v) is 18.1. The molecule has 0 aliphatic heterocycles. The van der Waals surface area contributed by atoms with E-state index >= 15 is 0 Å². The normalized spacial score (nSPS) is 12.8. The first kappa shape index (κ1) is 63.3. The van der Waals surface area contributed by atoms with E-state index in [1.165, 1.54) is 103 Å². The van der Waals surface area contributed by atoms with E-state index in [2.05, 4.69) is 118 Å². The number of esters is 3. The Kier molecular flexibility index (Phi) is 51.9. The molecule has 0 N–H and O–H groups in total. The molecule has 6 heteroatoms. The monoisotopic (exact) mass is 931 g/mol. The molecular formula is C61H102O6. The number of allylic oxidation sites excluding steroid dienone is 16. The summed E-state index contributed by atoms with van der Waals surface area (Å²) in [5.74, 6) is -0.970. The van der Waals surface area contributed by atoms with Gasteiger partial charge in [-0.3, -0.25) is 14.4 Å². The number of carbonyl (C=O) groups excluding carboxylic acids is 3. The van der Waals surface area contributed by atoms with Crippen molar-refractivity contribution in [1.82, 2.24) is 0 Å². The maximum atomic E-state index is 12.8. The quantitative estimate of drug-likeness (QED) is 0.0262. The number of rotatable bonds is 49. The SMILES string of the molecule is CC/C=C\C/C=C\C/C=C\C/C=C\CCCCCCC(=O)O[C@H](COC(=O)CCCC/C=C\C/C=C\C/C=C\CCCCC)COC(=O)CCCCCCCCC/C=C\CCCCCCCC. The van der Waals surface area contributed by atoms with Crippen molar-refractivity contribution in [2.75, 3.05) is 13.2 Å². The number of hydrogen-bond acceptors (Lipinski definition) is 6. The van der Waals surface area contributed by atoms with Gasteiger partial charge in [0.25, 0.3) is 0 Å². The first-order chi connectivity index (χ1) is 33.0. The van der Waals surface area contributed by atoms with E-state index in [1.54, 1.807) is 0 Å². The van der Waals surface area contributed by atoms with Crippen LogP contribution in [0.2, 0.25) is 0 Å². The molecule has 0 amide bonds. The lowest BCUT2D eigenvalue weighted by Crippen LogP contribution is -2.30. The van der Waals surface area contributed by atoms with Crippen molar-refractivity contribution in [3.05, 3.63) is 97.2 Å². The highest BCUT2D eigenvalue weighted by Crippen LogP contribution is 2.14. The molecule has 0 spiro atoms. The Balaban J connectivity index is 4.50. The van der Waals surface area contributed by atoms with Gasteiger partial charge in [-0.15, -0.1) is 0 Å². The predicted octanol–water partition coefficient (Wildman–Crippen LogP) is 18.5. The smallest absolute Gasteiger partial charge is 0.306 e. The van der Waals surface area contributed by atoms with E-state index in [9.17, 15) is 14.4 Å². The number of carbonyl (C=O) groups is 3. The van der Waals surface area contributed by atoms with Crippen molar-refractivity contribution in [2.24, 2.45) is 0 Å². The Morgan fingerprint density at radius 2 is 0.582 bits per heavy atom. The molecule has 0 aromatic carbocycles. The number of ether oxygens (including phenoxy) is 3. The van der Waals surface area contributed by atoms with Crippen molar-refractivity contribution in [3.8, 4) is 0 Å². The minimum Gasteiger partial charge on any atom is -0.462 e. The predicted molar refractivity (Wildman–Crippen MR) is 288 cm³/mol. The van der Waals surface area contributed by atoms with Gasteiger partial charge < -0.3 is 14.2 Å². The molecule has 0 saturated carbocycles. The minimum atomic E-state index is -0.809. The zero-order valence-electron chi connectivity index (χ0n) is 43.6. The topological polar surface area (TPSA) is 78.9 Å². The lowest BCUT2D eigenvalue weighted by Gasteiger charge is -2.18. The van der Waals surface area contributed by atoms with E-state index in [0.29, 0.717) is 12.8 Å². The van der Waals surface area contributed by atoms with Crippen molar-refractivity contribution in [3.63, 3.8) is 0 Å². The highest BCUT2D eigenvalue weighted by molar-refractivity contribution is 5.71. The highest BCUT2D eigenvalue weighted by atomic mass is 16.6. The summed E-state index contributed by atoms with van der Waals surface area (Å²) in [6.07, 6.45) is 72.5. The van der Waals surface area contributed by atoms with Gasteiger partial charge in [0.05, 0.1) is 0 Å². The molecule has 0 aliphatic carbocycles. The third kappa shape index (κ3) is 53.2. The fourth-order valence-corrected chi connectivity index (χ4v) is 7.37. The van der Waals surface area contributed by atoms with Gasteiger partial charge in [-0.05, 0) is 122 Å². The summed E-state index contributed by atoms with van der Waals surface area (Å²) in [6, 6.07) is 0. The molecule has 67 heavy (non-hydrogen) atoms. The molecule has 6 nitrogen and oxygen atoms in total. The Hall–Kier alpha value is -3.67. The maximum Gasteiger partial charge on any atom is 0.306 e. The highest BCUT2D eigenvalue weighted by Gasteiger charge is 2.19. The molecule has 0 rings (SSSR count). The van der Waals surface area contributed by atoms with Crippen LogP contribution < -0.4 is 0 Å². The van der Waals surface area contributed by atoms with Gasteiger partial charge in [0.15, 0.2) is 6.10 Å². The molecule has 382 valence electrons. The summed E-state index contributed by atoms with van der Waals surface area (Å²) in [4.78, 5) is 38.1. The van der Waals surface area contributed by atoms with Crippen LogP contribution in [-0.4, -0.2) is 37.2 Å². The Morgan fingerprint density at radius 3 is 0.985 bits per heavy atom. The van der Waals surface area contributed by atoms with Crippen molar-refractivity contribution < 1.29 is 28.6 Å². The fraction of sp³-hybridized carbons (Fsp3) is 0.689. The molecule has 1 atom stereocenters. The molecule has 0 aromatic rings. The van der Waals surface area contributed by atoms with Crippen molar-refractivity contribution in [1.29, 1.82) is 0 Å². The molecule has 0 aliphatic rings. The first-order valence-corrected chi connectivity index (χ1v) is 27.7. The lowest BCUT2D eigenvalue weighted by molar-refractivity contribution is -0.167. The van der Waals surface area contributed by atoms with Crippen LogP contribution in [0.4, 0.5) is 0 Å². The van der Waals surface area contributed by atoms with Crippen molar-refractivity contribution >= 4 is 17.9 Å². The van der Waals surface area contributed by atoms with Gasteiger partial charge in [0.1, 0.15) is 13.2 Å². The van der Waals surface area contributed by atoms with E-state index in [0.717, 1.165) is 109 Å². The standard InChI is InChI=1S/C61H102O6/c1-4-7-10-13-16-19-22-25-28-30-33-36-39-42-45-48-51-54-60(63)66-57-58(56-65-59(62)53-50-47-44-41-38-35-32-27-24-21-18-15-12-9-6-3)67-61(64)55-52-49-46-43-40-37-34-31-29-26-23-20-17-14-11-8-5-2/h8,11,17-18,20-21,25-29,32,34,37-38,41,58H,4-7,9-10,12-16,19,22-24,30-31,33,35-36,39-40,42-57H2,1-3H3/b11-8-,20-17-,21-18-,28-25-,29-26-,32-27-,37-34-,41-38-/t58-/m1/s1. The van der Waals surface area contributed by atoms with Crippen LogP contribution in [0.3, 0.4) is 0 Å². The Bertz CT molecular complexity index is 1350. The third-order valence-electron chi connectivity index (χ3n) is 11.5. The van der Waals surface area contributed by atoms with Crippen LogP contribution in [0.25, 0.3) is 0 Å². The zero-order chi connectivity index (χ0) is 48.6. The van der Waals surface area contributed by atoms with Crippen LogP contribution >= 0.6 is 0 Å². The van der Waals surface area contributed by atoms with E-state index < -0.39 is 6.10 Å². The van der Waals surface area contributed by atoms with Gasteiger partial charge in [-0.25, -0.2) is 0 Å². The van der Waals surface area contributed by atoms with E-state index in [1.807, 2.05) is 0 Å². The van der Waals surface area contributed by atoms with Crippen LogP contribution in [0.15, 0.2) is 97.2 Å². The molecule has 0 radical (unpaired) electrons. The second kappa shape index (κ2) is 54.9. The fourth-order valence-electron chi connectivity index (χ4n) is 7.37. The summed E-state index contributed by atoms with van der Waals surface area (Å²) in [7, 11) is 0. The summed E-state index contributed by atoms with van der Waals surface area (Å²) in [5, 5.41) is 0. The summed E-state index contributed by atoms with van der Waals surface area (Å²) >= 11 is 0. The van der Waals surface area contributed by atoms with Crippen LogP contribution in [0, 0.1) is 0 Å². The van der Waals surface area contributed by atoms with Crippen molar-refractivity contribution in [2.45, 2.75) is 258 Å². The molecule has 0 saturated heterocycles. The summed E-state index contributed by atoms with van der Waals surface area (Å²) in [6.45, 7) is 6.44. The van der Waals surface area contributed by atoms with Crippen LogP contribution in [-0.2, 0) is 28.6 Å². The minimum absolute atomic E-state index is 0.103. The summed E-state index contributed by atoms with van der Waals surface area (Å²) in [5.41, 5.74) is 0. The number of hydrogen-bond donors (Lipinski definition) is 0. The van der Waals surface area contributed by atoms with Crippen LogP contribution in [0.1, 0.15) is 252 Å². The third-order valence-corrected chi connectivity index (χ3v) is 11.5. The Labute approximate surface area is 413 Å². The Morgan fingerprint density at radius 1 is 0.313 bits per heavy atom. The molecule has 0 bridgehead atoms. The number of unbranched alkanes of at least 4 members (excludes halogenated alkanes) is 22. The summed E-state index contributed by atoms with van der Waals surface area (Å²) < 4.78 is 16.8. The van der Waals surface area contributed by atoms with Crippen LogP contribution in [0.5, 0.6) is 0 Å². The zero-order valence-corrected chi connectivity index (χ0v) is 43.6. The largest absolute Gasteiger partial charge is 0.462 e. The van der Waals surface area contributed by atoms with E-state index in [-0.39, 0.29) is 37.5 Å². The van der Waals surface area contributed by atoms with E-state index in [4.69, 9.17) is 14.2 Å². The second-order valence-electron chi connectivity index (χ2n) is 18.1. The molecular weight excluding hydrogens is 829 g/mol. The molecule has 0 heterocycles. The average Bonchev–Trinajstić information content (AvgIpc) is 3.33. The molecule has 0 unspecified atom stereocenters. The molecule has 0 aromatic heterocycles. The van der Waals surface area contributed by atoms with Gasteiger partial charge >= 0.3 is 17.9 Å². The van der Waals surface area contributed by atoms with Gasteiger partial charge in [-0.2, -0.15) is 0 Å². The maximum absolute atomic E-state index is 12.8. The van der Waals surface area contributed by atoms with Gasteiger partial charge in [0, 0.05) is 19.3 Å².